The molecule has 0 saturated heterocycles. The third-order valence-corrected chi connectivity index (χ3v) is 2.01. The number of hydrogen-bond donors (Lipinski definition) is 1. The Bertz CT molecular complexity index is 341. The molecule has 1 aromatic rings. The monoisotopic (exact) mass is 182 g/mol. The highest BCUT2D eigenvalue weighted by atomic mass is 16.5. The van der Waals surface area contributed by atoms with Gasteiger partial charge in [-0.15, -0.1) is 0 Å². The number of hydrogen-bond acceptors (Lipinski definition) is 4. The molecule has 1 saturated carbocycles. The quantitative estimate of drug-likeness (QED) is 0.684. The number of methoxy groups -OCH3 is 1. The standard InChI is InChI=1S/C8H10N2O3/c1-13-8(12)7-6(11)4-10(9-7)5-2-3-5/h4-5,11H,2-3H2,1H3. The Kier molecular flexibility index (Phi) is 1.72. The van der Waals surface area contributed by atoms with Crippen LogP contribution in [-0.4, -0.2) is 28.0 Å². The molecule has 0 radical (unpaired) electrons. The molecule has 0 amide bonds. The molecular formula is C8H10N2O3. The molecule has 1 heterocycles. The molecule has 2 rings (SSSR count). The number of nitrogens with zero attached hydrogens (tertiary/aromatic N) is 2. The van der Waals surface area contributed by atoms with E-state index in [1.807, 2.05) is 0 Å². The van der Waals surface area contributed by atoms with Gasteiger partial charge in [-0.2, -0.15) is 5.10 Å². The van der Waals surface area contributed by atoms with E-state index in [4.69, 9.17) is 0 Å². The second-order valence-electron chi connectivity index (χ2n) is 3.07. The molecule has 13 heavy (non-hydrogen) atoms. The van der Waals surface area contributed by atoms with E-state index in [1.54, 1.807) is 4.68 Å². The summed E-state index contributed by atoms with van der Waals surface area (Å²) < 4.78 is 6.07. The molecule has 0 spiro atoms. The molecule has 1 aliphatic rings. The van der Waals surface area contributed by atoms with Gasteiger partial charge in [-0.3, -0.25) is 4.68 Å². The minimum atomic E-state index is -0.600. The van der Waals surface area contributed by atoms with Gasteiger partial charge in [0.05, 0.1) is 19.3 Å². The summed E-state index contributed by atoms with van der Waals surface area (Å²) in [7, 11) is 1.26. The number of esters is 1. The van der Waals surface area contributed by atoms with Gasteiger partial charge < -0.3 is 9.84 Å². The van der Waals surface area contributed by atoms with Gasteiger partial charge in [0.15, 0.2) is 5.75 Å². The van der Waals surface area contributed by atoms with E-state index in [2.05, 4.69) is 9.84 Å². The SMILES string of the molecule is COC(=O)c1nn(C2CC2)cc1O. The highest BCUT2D eigenvalue weighted by molar-refractivity contribution is 5.89. The first-order chi connectivity index (χ1) is 6.22. The topological polar surface area (TPSA) is 64.3 Å². The average molecular weight is 182 g/mol. The van der Waals surface area contributed by atoms with Crippen LogP contribution in [0.2, 0.25) is 0 Å². The van der Waals surface area contributed by atoms with E-state index in [1.165, 1.54) is 13.3 Å². The lowest BCUT2D eigenvalue weighted by molar-refractivity contribution is 0.0590. The third kappa shape index (κ3) is 1.37. The predicted octanol–water partition coefficient (Wildman–Crippen LogP) is 0.710. The number of rotatable bonds is 2. The summed E-state index contributed by atoms with van der Waals surface area (Å²) >= 11 is 0. The van der Waals surface area contributed by atoms with Crippen LogP contribution in [0.15, 0.2) is 6.20 Å². The fourth-order valence-electron chi connectivity index (χ4n) is 1.15. The summed E-state index contributed by atoms with van der Waals surface area (Å²) in [6, 6.07) is 0.351. The van der Waals surface area contributed by atoms with Gasteiger partial charge in [-0.25, -0.2) is 4.79 Å². The minimum Gasteiger partial charge on any atom is -0.504 e. The molecule has 1 fully saturated rings. The van der Waals surface area contributed by atoms with Crippen LogP contribution in [0.4, 0.5) is 0 Å². The summed E-state index contributed by atoms with van der Waals surface area (Å²) in [5, 5.41) is 13.3. The van der Waals surface area contributed by atoms with E-state index in [0.717, 1.165) is 12.8 Å². The molecule has 5 heteroatoms. The normalized spacial score (nSPS) is 15.8. The van der Waals surface area contributed by atoms with E-state index < -0.39 is 5.97 Å². The van der Waals surface area contributed by atoms with Crippen molar-refractivity contribution in [1.82, 2.24) is 9.78 Å². The first-order valence-electron chi connectivity index (χ1n) is 4.09. The Balaban J connectivity index is 2.29. The Hall–Kier alpha value is -1.52. The summed E-state index contributed by atoms with van der Waals surface area (Å²) in [6.07, 6.45) is 3.58. The van der Waals surface area contributed by atoms with Gasteiger partial charge in [-0.05, 0) is 12.8 Å². The lowest BCUT2D eigenvalue weighted by atomic mass is 10.4. The fraction of sp³-hybridized carbons (Fsp3) is 0.500. The van der Waals surface area contributed by atoms with Crippen molar-refractivity contribution in [2.75, 3.05) is 7.11 Å². The van der Waals surface area contributed by atoms with Crippen molar-refractivity contribution in [3.8, 4) is 5.75 Å². The van der Waals surface area contributed by atoms with Crippen LogP contribution in [0, 0.1) is 0 Å². The van der Waals surface area contributed by atoms with Crippen molar-refractivity contribution in [1.29, 1.82) is 0 Å². The van der Waals surface area contributed by atoms with Crippen molar-refractivity contribution in [3.63, 3.8) is 0 Å². The molecule has 0 unspecified atom stereocenters. The maximum atomic E-state index is 11.0. The van der Waals surface area contributed by atoms with Crippen molar-refractivity contribution in [2.45, 2.75) is 18.9 Å². The van der Waals surface area contributed by atoms with Gasteiger partial charge in [-0.1, -0.05) is 0 Å². The van der Waals surface area contributed by atoms with Gasteiger partial charge in [0.2, 0.25) is 5.69 Å². The Morgan fingerprint density at radius 1 is 1.77 bits per heavy atom. The maximum Gasteiger partial charge on any atom is 0.362 e. The van der Waals surface area contributed by atoms with Gasteiger partial charge in [0.1, 0.15) is 0 Å². The lowest BCUT2D eigenvalue weighted by Crippen LogP contribution is -2.04. The zero-order valence-electron chi connectivity index (χ0n) is 7.23. The van der Waals surface area contributed by atoms with Crippen LogP contribution in [0.3, 0.4) is 0 Å². The van der Waals surface area contributed by atoms with Gasteiger partial charge in [0.25, 0.3) is 0 Å². The number of aromatic nitrogens is 2. The largest absolute Gasteiger partial charge is 0.504 e. The first-order valence-corrected chi connectivity index (χ1v) is 4.09. The Labute approximate surface area is 74.9 Å². The van der Waals surface area contributed by atoms with E-state index in [0.29, 0.717) is 6.04 Å². The van der Waals surface area contributed by atoms with Gasteiger partial charge in [0, 0.05) is 0 Å². The summed E-state index contributed by atoms with van der Waals surface area (Å²) in [4.78, 5) is 11.0. The zero-order valence-corrected chi connectivity index (χ0v) is 7.23. The molecule has 0 bridgehead atoms. The molecule has 1 aromatic heterocycles. The second-order valence-corrected chi connectivity index (χ2v) is 3.07. The summed E-state index contributed by atoms with van der Waals surface area (Å²) in [6.45, 7) is 0. The molecule has 5 nitrogen and oxygen atoms in total. The fourth-order valence-corrected chi connectivity index (χ4v) is 1.15. The number of ether oxygens (including phenoxy) is 1. The highest BCUT2D eigenvalue weighted by Gasteiger charge is 2.27. The van der Waals surface area contributed by atoms with Crippen molar-refractivity contribution < 1.29 is 14.6 Å². The first kappa shape index (κ1) is 8.10. The van der Waals surface area contributed by atoms with Crippen LogP contribution in [0.5, 0.6) is 5.75 Å². The summed E-state index contributed by atoms with van der Waals surface area (Å²) in [5.41, 5.74) is -0.00519. The Morgan fingerprint density at radius 2 is 2.46 bits per heavy atom. The van der Waals surface area contributed by atoms with Crippen LogP contribution < -0.4 is 0 Å². The molecular weight excluding hydrogens is 172 g/mol. The molecule has 0 aromatic carbocycles. The van der Waals surface area contributed by atoms with Crippen molar-refractivity contribution >= 4 is 5.97 Å². The highest BCUT2D eigenvalue weighted by Crippen LogP contribution is 2.35. The second kappa shape index (κ2) is 2.76. The number of aromatic hydroxyl groups is 1. The van der Waals surface area contributed by atoms with Gasteiger partial charge >= 0.3 is 5.97 Å². The molecule has 0 aliphatic heterocycles. The van der Waals surface area contributed by atoms with E-state index >= 15 is 0 Å². The molecule has 1 aliphatic carbocycles. The smallest absolute Gasteiger partial charge is 0.362 e. The van der Waals surface area contributed by atoms with Crippen LogP contribution in [-0.2, 0) is 4.74 Å². The average Bonchev–Trinajstić information content (AvgIpc) is 2.89. The number of carbonyl (C=O) groups is 1. The zero-order chi connectivity index (χ0) is 9.42. The summed E-state index contributed by atoms with van der Waals surface area (Å²) in [5.74, 6) is -0.712. The third-order valence-electron chi connectivity index (χ3n) is 2.01. The van der Waals surface area contributed by atoms with Crippen LogP contribution in [0.25, 0.3) is 0 Å². The number of carbonyl (C=O) groups excluding carboxylic acids is 1. The minimum absolute atomic E-state index is 0.00519. The Morgan fingerprint density at radius 3 is 3.00 bits per heavy atom. The maximum absolute atomic E-state index is 11.0. The lowest BCUT2D eigenvalue weighted by Gasteiger charge is -1.94. The van der Waals surface area contributed by atoms with Crippen molar-refractivity contribution in [2.24, 2.45) is 0 Å². The van der Waals surface area contributed by atoms with E-state index in [-0.39, 0.29) is 11.4 Å². The molecule has 70 valence electrons. The molecule has 1 N–H and O–H groups in total. The van der Waals surface area contributed by atoms with Crippen LogP contribution >= 0.6 is 0 Å². The molecule has 0 atom stereocenters. The predicted molar refractivity (Wildman–Crippen MR) is 43.5 cm³/mol. The van der Waals surface area contributed by atoms with Crippen molar-refractivity contribution in [3.05, 3.63) is 11.9 Å². The van der Waals surface area contributed by atoms with E-state index in [9.17, 15) is 9.90 Å². The van der Waals surface area contributed by atoms with Crippen LogP contribution in [0.1, 0.15) is 29.4 Å².